The van der Waals surface area contributed by atoms with Crippen molar-refractivity contribution in [2.45, 2.75) is 70.3 Å². The van der Waals surface area contributed by atoms with E-state index in [1.54, 1.807) is 28.6 Å². The number of rotatable bonds is 11. The Bertz CT molecular complexity index is 2970. The predicted octanol–water partition coefficient (Wildman–Crippen LogP) is 5.35. The van der Waals surface area contributed by atoms with Crippen molar-refractivity contribution in [3.63, 3.8) is 0 Å². The quantitative estimate of drug-likeness (QED) is 0.173. The summed E-state index contributed by atoms with van der Waals surface area (Å²) in [5, 5.41) is 18.1. The van der Waals surface area contributed by atoms with Crippen LogP contribution in [-0.2, 0) is 26.8 Å². The number of piperidine rings is 2. The number of nitrogens with zero attached hydrogens (tertiary/aromatic N) is 9. The summed E-state index contributed by atoms with van der Waals surface area (Å²) >= 11 is 0. The van der Waals surface area contributed by atoms with Crippen molar-refractivity contribution < 1.29 is 31.9 Å². The fraction of sp³-hybridized carbons (Fsp3) is 0.457. The van der Waals surface area contributed by atoms with Crippen molar-refractivity contribution in [3.8, 4) is 17.6 Å². The van der Waals surface area contributed by atoms with Crippen molar-refractivity contribution in [1.82, 2.24) is 38.8 Å². The summed E-state index contributed by atoms with van der Waals surface area (Å²) < 4.78 is 53.2. The number of carbonyl (C=O) groups excluding carboxylic acids is 3. The zero-order valence-corrected chi connectivity index (χ0v) is 37.9. The van der Waals surface area contributed by atoms with E-state index in [0.29, 0.717) is 36.9 Å². The number of urea groups is 1. The Morgan fingerprint density at radius 1 is 1.02 bits per heavy atom. The summed E-state index contributed by atoms with van der Waals surface area (Å²) in [7, 11) is -0.793. The Hall–Kier alpha value is -6.43. The largest absolute Gasteiger partial charge is 0.453 e. The first-order chi connectivity index (χ1) is 31.7. The smallest absolute Gasteiger partial charge is 0.329 e. The third-order valence-electron chi connectivity index (χ3n) is 14.1. The van der Waals surface area contributed by atoms with E-state index in [2.05, 4.69) is 37.2 Å². The maximum atomic E-state index is 15.2. The molecule has 4 aliphatic rings. The van der Waals surface area contributed by atoms with E-state index in [-0.39, 0.29) is 70.7 Å². The number of amides is 4. The van der Waals surface area contributed by atoms with Crippen molar-refractivity contribution in [3.05, 3.63) is 82.2 Å². The lowest BCUT2D eigenvalue weighted by molar-refractivity contribution is -0.135. The molecule has 3 aliphatic heterocycles. The lowest BCUT2D eigenvalue weighted by Crippen LogP contribution is -2.49. The molecule has 1 saturated carbocycles. The lowest BCUT2D eigenvalue weighted by Gasteiger charge is -2.40. The van der Waals surface area contributed by atoms with E-state index < -0.39 is 27.8 Å². The van der Waals surface area contributed by atoms with Gasteiger partial charge in [-0.3, -0.25) is 43.5 Å². The Balaban J connectivity index is 0.795. The molecule has 1 atom stereocenters. The molecule has 9 rings (SSSR count). The van der Waals surface area contributed by atoms with Crippen LogP contribution >= 0.6 is 0 Å². The van der Waals surface area contributed by atoms with E-state index in [1.807, 2.05) is 24.1 Å². The van der Waals surface area contributed by atoms with Crippen LogP contribution in [0.5, 0.6) is 11.5 Å². The summed E-state index contributed by atoms with van der Waals surface area (Å²) in [4.78, 5) is 62.2. The molecule has 66 heavy (non-hydrogen) atoms. The topological polar surface area (TPSA) is 208 Å². The van der Waals surface area contributed by atoms with Crippen LogP contribution in [0.25, 0.3) is 21.8 Å². The van der Waals surface area contributed by atoms with Gasteiger partial charge in [-0.25, -0.2) is 14.2 Å². The highest BCUT2D eigenvalue weighted by atomic mass is 32.2. The van der Waals surface area contributed by atoms with E-state index in [9.17, 15) is 32.9 Å². The second kappa shape index (κ2) is 17.8. The molecule has 0 bridgehead atoms. The van der Waals surface area contributed by atoms with E-state index in [4.69, 9.17) is 4.74 Å². The molecular weight excluding hydrogens is 870 g/mol. The van der Waals surface area contributed by atoms with Gasteiger partial charge in [0.05, 0.1) is 35.0 Å². The van der Waals surface area contributed by atoms with E-state index in [1.165, 1.54) is 29.6 Å². The number of fused-ring (bicyclic) bond motifs is 2. The van der Waals surface area contributed by atoms with Gasteiger partial charge in [0.2, 0.25) is 11.8 Å². The first-order valence-corrected chi connectivity index (χ1v) is 23.8. The number of aryl methyl sites for hydroxylation is 1. The van der Waals surface area contributed by atoms with Crippen LogP contribution in [0.4, 0.5) is 20.7 Å². The number of nitriles is 1. The number of ether oxygens (including phenoxy) is 1. The van der Waals surface area contributed by atoms with Gasteiger partial charge in [0, 0.05) is 58.1 Å². The summed E-state index contributed by atoms with van der Waals surface area (Å²) in [5.41, 5.74) is 1.77. The summed E-state index contributed by atoms with van der Waals surface area (Å²) in [5.74, 6) is -0.562. The Morgan fingerprint density at radius 3 is 2.52 bits per heavy atom. The number of carbonyl (C=O) groups is 3. The predicted molar refractivity (Wildman–Crippen MR) is 244 cm³/mol. The average Bonchev–Trinajstić information content (AvgIpc) is 3.87. The number of imide groups is 1. The van der Waals surface area contributed by atoms with Crippen molar-refractivity contribution in [1.29, 1.82) is 5.26 Å². The van der Waals surface area contributed by atoms with Gasteiger partial charge in [0.15, 0.2) is 17.4 Å². The van der Waals surface area contributed by atoms with Crippen LogP contribution in [0.15, 0.2) is 59.7 Å². The number of anilines is 2. The molecule has 1 spiro atoms. The van der Waals surface area contributed by atoms with Crippen LogP contribution in [0.2, 0.25) is 0 Å². The van der Waals surface area contributed by atoms with Crippen molar-refractivity contribution >= 4 is 61.4 Å². The first kappa shape index (κ1) is 44.8. The van der Waals surface area contributed by atoms with Crippen LogP contribution < -0.4 is 25.2 Å². The number of likely N-dealkylation sites (tertiary alicyclic amines) is 2. The molecule has 346 valence electrons. The number of benzene rings is 3. The molecule has 4 fully saturated rings. The molecule has 2 aromatic heterocycles. The molecule has 20 heteroatoms. The number of hydrogen-bond donors (Lipinski definition) is 2. The Labute approximate surface area is 381 Å². The molecule has 5 heterocycles. The fourth-order valence-corrected chi connectivity index (χ4v) is 11.0. The zero-order chi connectivity index (χ0) is 46.5. The number of hydrogen-bond acceptors (Lipinski definition) is 11. The van der Waals surface area contributed by atoms with Gasteiger partial charge in [-0.1, -0.05) is 13.0 Å². The highest BCUT2D eigenvalue weighted by molar-refractivity contribution is 7.90. The molecule has 4 amide bonds. The molecule has 5 aromatic rings. The number of halogens is 1. The molecule has 18 nitrogen and oxygen atoms in total. The standard InChI is InChI=1S/C46H52FN11O7S/c1-4-53(2)66(63,64)52-38-10-8-36(47)42(35(38)26-48)65-32-6-9-37-34(24-32)44(61)58(28-49-37)31-11-15-46(25-31)16-21-56(22-17-46)41(60)27-55-18-12-29(13-19-55)30-5-7-33-39(23-30)54(3)51-43(33)57-20-14-40(59)50-45(57)62/h5-10,23-24,28-29,31,52H,4,11-22,25,27H2,1-3H3,(H,50,59,62). The van der Waals surface area contributed by atoms with Gasteiger partial charge >= 0.3 is 16.2 Å². The average molecular weight is 922 g/mol. The SMILES string of the molecule is CCN(C)S(=O)(=O)Nc1ccc(F)c(Oc2ccc3ncn(C4CCC5(CCN(C(=O)CN6CCC(c7ccc8c(N9CCC(=O)NC9=O)nn(C)c8c7)CC6)CC5)C4)c(=O)c3c2)c1C#N. The second-order valence-corrected chi connectivity index (χ2v) is 19.8. The maximum Gasteiger partial charge on any atom is 0.329 e. The minimum absolute atomic E-state index is 0.00217. The number of nitrogens with one attached hydrogen (secondary N) is 2. The first-order valence-electron chi connectivity index (χ1n) is 22.4. The maximum absolute atomic E-state index is 15.2. The summed E-state index contributed by atoms with van der Waals surface area (Å²) in [6.07, 6.45) is 7.81. The van der Waals surface area contributed by atoms with Crippen LogP contribution in [0, 0.1) is 22.6 Å². The monoisotopic (exact) mass is 921 g/mol. The third kappa shape index (κ3) is 8.58. The summed E-state index contributed by atoms with van der Waals surface area (Å²) in [6.45, 7) is 5.42. The fourth-order valence-electron chi connectivity index (χ4n) is 10.1. The van der Waals surface area contributed by atoms with Gasteiger partial charge in [-0.2, -0.15) is 23.1 Å². The van der Waals surface area contributed by atoms with E-state index >= 15 is 4.39 Å². The third-order valence-corrected chi connectivity index (χ3v) is 15.7. The van der Waals surface area contributed by atoms with Gasteiger partial charge in [0.25, 0.3) is 5.56 Å². The van der Waals surface area contributed by atoms with E-state index in [0.717, 1.165) is 85.4 Å². The molecule has 3 saturated heterocycles. The van der Waals surface area contributed by atoms with Crippen LogP contribution in [0.3, 0.4) is 0 Å². The molecule has 2 N–H and O–H groups in total. The zero-order valence-electron chi connectivity index (χ0n) is 37.1. The highest BCUT2D eigenvalue weighted by Gasteiger charge is 2.43. The van der Waals surface area contributed by atoms with Gasteiger partial charge < -0.3 is 9.64 Å². The molecule has 0 radical (unpaired) electrons. The van der Waals surface area contributed by atoms with Gasteiger partial charge in [-0.05, 0) is 117 Å². The molecule has 1 unspecified atom stereocenters. The molecular formula is C46H52FN11O7S. The minimum Gasteiger partial charge on any atom is -0.453 e. The van der Waals surface area contributed by atoms with Crippen molar-refractivity contribution in [2.24, 2.45) is 12.5 Å². The van der Waals surface area contributed by atoms with Gasteiger partial charge in [0.1, 0.15) is 17.4 Å². The summed E-state index contributed by atoms with van der Waals surface area (Å²) in [6, 6.07) is 14.3. The normalized spacial score (nSPS) is 19.5. The second-order valence-electron chi connectivity index (χ2n) is 18.0. The van der Waals surface area contributed by atoms with Crippen molar-refractivity contribution in [2.75, 3.05) is 62.5 Å². The molecule has 3 aromatic carbocycles. The molecule has 1 aliphatic carbocycles. The Kier molecular flexibility index (Phi) is 12.0. The number of aromatic nitrogens is 4. The van der Waals surface area contributed by atoms with Gasteiger partial charge in [-0.15, -0.1) is 0 Å². The lowest BCUT2D eigenvalue weighted by atomic mass is 9.77. The highest BCUT2D eigenvalue weighted by Crippen LogP contribution is 2.50. The van der Waals surface area contributed by atoms with Crippen LogP contribution in [0.1, 0.15) is 81.4 Å². The van der Waals surface area contributed by atoms with Crippen LogP contribution in [-0.4, -0.2) is 113 Å². The minimum atomic E-state index is -4.02. The Morgan fingerprint density at radius 2 is 1.79 bits per heavy atom.